The minimum absolute atomic E-state index is 0.0678. The number of para-hydroxylation sites is 1. The lowest BCUT2D eigenvalue weighted by atomic mass is 9.49. The zero-order chi connectivity index (χ0) is 35.8. The molecule has 4 aromatic carbocycles. The Hall–Kier alpha value is -4.83. The third-order valence-corrected chi connectivity index (χ3v) is 11.7. The van der Waals surface area contributed by atoms with Crippen molar-refractivity contribution in [3.63, 3.8) is 0 Å². The van der Waals surface area contributed by atoms with E-state index in [1.54, 1.807) is 84.9 Å². The second-order valence-electron chi connectivity index (χ2n) is 13.3. The van der Waals surface area contributed by atoms with E-state index in [-0.39, 0.29) is 41.1 Å². The molecule has 1 saturated carbocycles. The van der Waals surface area contributed by atoms with E-state index >= 15 is 4.79 Å². The van der Waals surface area contributed by atoms with Gasteiger partial charge in [0.25, 0.3) is 11.8 Å². The summed E-state index contributed by atoms with van der Waals surface area (Å²) in [5, 5.41) is 13.5. The summed E-state index contributed by atoms with van der Waals surface area (Å²) in [5.41, 5.74) is 3.76. The van der Waals surface area contributed by atoms with Crippen LogP contribution in [0.25, 0.3) is 0 Å². The fraction of sp³-hybridized carbons (Fsp3) is 0.231. The van der Waals surface area contributed by atoms with E-state index in [0.717, 1.165) is 10.6 Å². The molecule has 12 heteroatoms. The smallest absolute Gasteiger partial charge is 0.260 e. The predicted molar refractivity (Wildman–Crippen MR) is 193 cm³/mol. The highest BCUT2D eigenvalue weighted by Gasteiger charge is 2.70. The Morgan fingerprint density at radius 2 is 1.53 bits per heavy atom. The van der Waals surface area contributed by atoms with Crippen molar-refractivity contribution in [2.24, 2.45) is 23.7 Å². The van der Waals surface area contributed by atoms with E-state index in [9.17, 15) is 19.5 Å². The van der Waals surface area contributed by atoms with Crippen LogP contribution in [-0.2, 0) is 24.6 Å². The van der Waals surface area contributed by atoms with Gasteiger partial charge in [-0.2, -0.15) is 5.01 Å². The topological polar surface area (TPSA) is 116 Å². The maximum atomic E-state index is 15.3. The Kier molecular flexibility index (Phi) is 8.13. The third kappa shape index (κ3) is 4.97. The molecule has 0 aromatic heterocycles. The number of methoxy groups -OCH3 is 1. The van der Waals surface area contributed by atoms with Gasteiger partial charge in [-0.25, -0.2) is 0 Å². The van der Waals surface area contributed by atoms with Gasteiger partial charge in [0.15, 0.2) is 0 Å². The molecule has 2 saturated heterocycles. The summed E-state index contributed by atoms with van der Waals surface area (Å²) < 4.78 is 5.44. The van der Waals surface area contributed by atoms with Crippen LogP contribution >= 0.6 is 34.8 Å². The lowest BCUT2D eigenvalue weighted by molar-refractivity contribution is -0.138. The average Bonchev–Trinajstić information content (AvgIpc) is 3.51. The number of phenols is 1. The van der Waals surface area contributed by atoms with Crippen LogP contribution in [0.3, 0.4) is 0 Å². The van der Waals surface area contributed by atoms with Crippen molar-refractivity contribution in [1.82, 2.24) is 5.01 Å². The number of hydrogen-bond donors (Lipinski definition) is 2. The molecule has 0 bridgehead atoms. The van der Waals surface area contributed by atoms with Crippen molar-refractivity contribution in [2.45, 2.75) is 24.2 Å². The van der Waals surface area contributed by atoms with Crippen LogP contribution in [0, 0.1) is 23.7 Å². The van der Waals surface area contributed by atoms with Crippen LogP contribution < -0.4 is 15.1 Å². The minimum atomic E-state index is -1.58. The molecule has 3 fully saturated rings. The molecule has 2 N–H and O–H groups in total. The number of carbonyl (C=O) groups is 4. The first-order chi connectivity index (χ1) is 24.6. The number of amides is 4. The van der Waals surface area contributed by atoms with Crippen LogP contribution in [0.5, 0.6) is 11.5 Å². The van der Waals surface area contributed by atoms with Crippen LogP contribution in [0.1, 0.15) is 29.9 Å². The van der Waals surface area contributed by atoms with E-state index in [1.165, 1.54) is 18.1 Å². The summed E-state index contributed by atoms with van der Waals surface area (Å²) in [4.78, 5) is 59.7. The first kappa shape index (κ1) is 33.3. The van der Waals surface area contributed by atoms with Crippen molar-refractivity contribution < 1.29 is 29.0 Å². The lowest BCUT2D eigenvalue weighted by Crippen LogP contribution is -2.53. The van der Waals surface area contributed by atoms with Crippen molar-refractivity contribution in [3.05, 3.63) is 129 Å². The molecule has 4 aliphatic rings. The van der Waals surface area contributed by atoms with Gasteiger partial charge in [-0.15, -0.1) is 0 Å². The minimum Gasteiger partial charge on any atom is -0.508 e. The average molecular weight is 743 g/mol. The van der Waals surface area contributed by atoms with Gasteiger partial charge in [-0.05, 0) is 85.0 Å². The second-order valence-corrected chi connectivity index (χ2v) is 14.5. The Morgan fingerprint density at radius 3 is 2.22 bits per heavy atom. The number of nitrogens with zero attached hydrogens (tertiary/aromatic N) is 2. The number of allylic oxidation sites excluding steroid dienone is 2. The van der Waals surface area contributed by atoms with Crippen molar-refractivity contribution in [3.8, 4) is 11.5 Å². The van der Waals surface area contributed by atoms with Crippen LogP contribution in [-0.4, -0.2) is 40.9 Å². The molecule has 4 amide bonds. The van der Waals surface area contributed by atoms with Gasteiger partial charge in [0, 0.05) is 21.5 Å². The molecule has 258 valence electrons. The van der Waals surface area contributed by atoms with E-state index in [4.69, 9.17) is 39.5 Å². The highest BCUT2D eigenvalue weighted by Crippen LogP contribution is 2.65. The lowest BCUT2D eigenvalue weighted by Gasteiger charge is -2.50. The molecule has 51 heavy (non-hydrogen) atoms. The zero-order valence-corrected chi connectivity index (χ0v) is 29.3. The van der Waals surface area contributed by atoms with E-state index in [2.05, 4.69) is 5.43 Å². The summed E-state index contributed by atoms with van der Waals surface area (Å²) in [6, 6.07) is 24.9. The molecular weight excluding hydrogens is 713 g/mol. The molecule has 2 aliphatic carbocycles. The number of phenolic OH excluding ortho intramolecular Hbond substituents is 1. The third-order valence-electron chi connectivity index (χ3n) is 10.9. The molecular formula is C39H30Cl3N3O6. The highest BCUT2D eigenvalue weighted by molar-refractivity contribution is 6.36. The standard InChI is InChI=1S/C39H30Cl3N3O6/c1-51-24-13-6-20(7-14-24)39-29(36(48)45(38(39)50)43-31-17-10-22(41)18-30(31)42)19-28-25(34(39)26-4-2-3-5-32(26)46)15-16-27-33(28)37(49)44(35(27)47)23-11-8-21(40)9-12-23/h2-15,17-18,27-29,33-34,43,46H,16,19H2,1H3/t27-,28+,29-,33-,34+,39+/m0/s1. The van der Waals surface area contributed by atoms with E-state index < -0.39 is 46.8 Å². The van der Waals surface area contributed by atoms with Gasteiger partial charge >= 0.3 is 0 Å². The molecule has 9 nitrogen and oxygen atoms in total. The van der Waals surface area contributed by atoms with Gasteiger partial charge in [-0.3, -0.25) is 29.5 Å². The monoisotopic (exact) mass is 741 g/mol. The fourth-order valence-corrected chi connectivity index (χ4v) is 9.34. The molecule has 2 heterocycles. The largest absolute Gasteiger partial charge is 0.508 e. The number of anilines is 2. The van der Waals surface area contributed by atoms with Gasteiger partial charge < -0.3 is 9.84 Å². The number of aromatic hydroxyl groups is 1. The quantitative estimate of drug-likeness (QED) is 0.155. The number of benzene rings is 4. The summed E-state index contributed by atoms with van der Waals surface area (Å²) in [6.07, 6.45) is 2.27. The number of rotatable bonds is 6. The molecule has 0 radical (unpaired) electrons. The van der Waals surface area contributed by atoms with Gasteiger partial charge in [0.05, 0.1) is 46.7 Å². The van der Waals surface area contributed by atoms with Crippen molar-refractivity contribution in [2.75, 3.05) is 17.4 Å². The Bertz CT molecular complexity index is 2160. The number of carbonyl (C=O) groups excluding carboxylic acids is 4. The molecule has 0 spiro atoms. The number of nitrogens with one attached hydrogen (secondary N) is 1. The van der Waals surface area contributed by atoms with Crippen LogP contribution in [0.2, 0.25) is 15.1 Å². The Labute approximate surface area is 308 Å². The zero-order valence-electron chi connectivity index (χ0n) is 27.1. The predicted octanol–water partition coefficient (Wildman–Crippen LogP) is 7.55. The first-order valence-electron chi connectivity index (χ1n) is 16.4. The molecule has 4 aromatic rings. The number of imide groups is 2. The number of fused-ring (bicyclic) bond motifs is 4. The van der Waals surface area contributed by atoms with Crippen molar-refractivity contribution >= 4 is 69.8 Å². The molecule has 6 atom stereocenters. The normalized spacial score (nSPS) is 26.8. The molecule has 8 rings (SSSR count). The van der Waals surface area contributed by atoms with Gasteiger partial charge in [-0.1, -0.05) is 76.8 Å². The maximum Gasteiger partial charge on any atom is 0.260 e. The number of ether oxygens (including phenoxy) is 1. The van der Waals surface area contributed by atoms with E-state index in [1.807, 2.05) is 6.08 Å². The number of halogens is 3. The fourth-order valence-electron chi connectivity index (χ4n) is 8.76. The van der Waals surface area contributed by atoms with Crippen LogP contribution in [0.4, 0.5) is 11.4 Å². The van der Waals surface area contributed by atoms with Crippen LogP contribution in [0.15, 0.2) is 103 Å². The number of hydrogen-bond acceptors (Lipinski definition) is 7. The SMILES string of the molecule is COc1ccc([C@@]23C(=O)N(Nc4ccc(Cl)cc4Cl)C(=O)[C@@H]2C[C@@H]2C(=CC[C@@H]4C(=O)N(c5ccc(Cl)cc5)C(=O)[C@@H]42)[C@@H]3c2ccccc2O)cc1. The Morgan fingerprint density at radius 1 is 0.824 bits per heavy atom. The van der Waals surface area contributed by atoms with E-state index in [0.29, 0.717) is 32.6 Å². The highest BCUT2D eigenvalue weighted by atomic mass is 35.5. The maximum absolute atomic E-state index is 15.3. The van der Waals surface area contributed by atoms with Crippen molar-refractivity contribution in [1.29, 1.82) is 0 Å². The molecule has 2 aliphatic heterocycles. The molecule has 0 unspecified atom stereocenters. The summed E-state index contributed by atoms with van der Waals surface area (Å²) in [5.74, 6) is -5.30. The summed E-state index contributed by atoms with van der Waals surface area (Å²) in [6.45, 7) is 0. The second kappa shape index (κ2) is 12.4. The van der Waals surface area contributed by atoms with Gasteiger partial charge in [0.2, 0.25) is 11.8 Å². The summed E-state index contributed by atoms with van der Waals surface area (Å²) in [7, 11) is 1.54. The first-order valence-corrected chi connectivity index (χ1v) is 17.6. The summed E-state index contributed by atoms with van der Waals surface area (Å²) >= 11 is 18.8. The Balaban J connectivity index is 1.33. The number of hydrazine groups is 1. The van der Waals surface area contributed by atoms with Gasteiger partial charge in [0.1, 0.15) is 11.5 Å².